The van der Waals surface area contributed by atoms with Gasteiger partial charge in [0.15, 0.2) is 6.10 Å². The highest BCUT2D eigenvalue weighted by Crippen LogP contribution is 2.25. The number of rotatable bonds is 8. The van der Waals surface area contributed by atoms with E-state index >= 15 is 0 Å². The molecule has 1 aromatic carbocycles. The molecule has 2 rings (SSSR count). The number of ether oxygens (including phenoxy) is 2. The van der Waals surface area contributed by atoms with E-state index in [1.165, 1.54) is 0 Å². The van der Waals surface area contributed by atoms with Crippen LogP contribution in [0.1, 0.15) is 24.8 Å². The smallest absolute Gasteiger partial charge is 0.335 e. The number of hydrogen-bond acceptors (Lipinski definition) is 7. The van der Waals surface area contributed by atoms with Gasteiger partial charge in [0.05, 0.1) is 0 Å². The molecule has 5 N–H and O–H groups in total. The Kier molecular flexibility index (Phi) is 6.92. The molecule has 0 aromatic heterocycles. The van der Waals surface area contributed by atoms with Gasteiger partial charge in [-0.3, -0.25) is 4.79 Å². The van der Waals surface area contributed by atoms with E-state index in [9.17, 15) is 24.9 Å². The topological polar surface area (TPSA) is 154 Å². The minimum Gasteiger partial charge on any atom is -0.481 e. The summed E-state index contributed by atoms with van der Waals surface area (Å²) in [5, 5.41) is 46.9. The Bertz CT molecular complexity index is 615. The molecule has 1 saturated heterocycles. The fourth-order valence-corrected chi connectivity index (χ4v) is 2.62. The van der Waals surface area contributed by atoms with E-state index in [1.54, 1.807) is 24.3 Å². The number of hydrogen-bond donors (Lipinski definition) is 5. The third-order valence-electron chi connectivity index (χ3n) is 4.09. The number of carboxylic acid groups (broad SMARTS) is 2. The average Bonchev–Trinajstić information content (AvgIpc) is 2.60. The molecule has 1 aliphatic heterocycles. The second kappa shape index (κ2) is 8.95. The molecular weight excluding hydrogens is 348 g/mol. The van der Waals surface area contributed by atoms with Crippen LogP contribution in [0.4, 0.5) is 0 Å². The van der Waals surface area contributed by atoms with E-state index in [-0.39, 0.29) is 12.2 Å². The molecule has 1 heterocycles. The van der Waals surface area contributed by atoms with Crippen LogP contribution in [0.25, 0.3) is 0 Å². The molecule has 0 spiro atoms. The number of aliphatic hydroxyl groups is 3. The quantitative estimate of drug-likeness (QED) is 0.390. The maximum Gasteiger partial charge on any atom is 0.335 e. The van der Waals surface area contributed by atoms with Crippen LogP contribution >= 0.6 is 0 Å². The summed E-state index contributed by atoms with van der Waals surface area (Å²) in [4.78, 5) is 21.5. The predicted octanol–water partition coefficient (Wildman–Crippen LogP) is -0.245. The molecule has 0 unspecified atom stereocenters. The van der Waals surface area contributed by atoms with Gasteiger partial charge in [0.1, 0.15) is 24.1 Å². The van der Waals surface area contributed by atoms with Gasteiger partial charge in [-0.2, -0.15) is 0 Å². The van der Waals surface area contributed by atoms with E-state index in [1.807, 2.05) is 0 Å². The molecule has 26 heavy (non-hydrogen) atoms. The van der Waals surface area contributed by atoms with Gasteiger partial charge in [0, 0.05) is 6.42 Å². The summed E-state index contributed by atoms with van der Waals surface area (Å²) in [7, 11) is 0. The number of benzene rings is 1. The Morgan fingerprint density at radius 2 is 1.62 bits per heavy atom. The fraction of sp³-hybridized carbons (Fsp3) is 0.529. The van der Waals surface area contributed by atoms with E-state index in [0.717, 1.165) is 12.0 Å². The third-order valence-corrected chi connectivity index (χ3v) is 4.09. The van der Waals surface area contributed by atoms with Gasteiger partial charge in [0.2, 0.25) is 6.29 Å². The fourth-order valence-electron chi connectivity index (χ4n) is 2.62. The SMILES string of the molecule is O=C(O)CCCCc1ccc(O[C@@H]2O[C@H](C(=O)O)[C@@H](O)[C@H](O)[C@H]2O)cc1. The Morgan fingerprint density at radius 3 is 2.19 bits per heavy atom. The molecule has 0 bridgehead atoms. The molecule has 9 heteroatoms. The van der Waals surface area contributed by atoms with E-state index < -0.39 is 42.6 Å². The van der Waals surface area contributed by atoms with E-state index in [2.05, 4.69) is 0 Å². The molecule has 0 amide bonds. The van der Waals surface area contributed by atoms with E-state index in [0.29, 0.717) is 12.8 Å². The van der Waals surface area contributed by atoms with Gasteiger partial charge in [-0.05, 0) is 37.0 Å². The first kappa shape index (κ1) is 20.1. The minimum absolute atomic E-state index is 0.122. The maximum absolute atomic E-state index is 11.1. The van der Waals surface area contributed by atoms with Crippen LogP contribution < -0.4 is 4.74 Å². The Labute approximate surface area is 149 Å². The van der Waals surface area contributed by atoms with Crippen molar-refractivity contribution in [3.63, 3.8) is 0 Å². The normalized spacial score (nSPS) is 28.5. The first-order chi connectivity index (χ1) is 12.3. The van der Waals surface area contributed by atoms with Crippen LogP contribution in [0.2, 0.25) is 0 Å². The minimum atomic E-state index is -1.77. The molecule has 1 fully saturated rings. The summed E-state index contributed by atoms with van der Waals surface area (Å²) < 4.78 is 10.4. The summed E-state index contributed by atoms with van der Waals surface area (Å²) >= 11 is 0. The van der Waals surface area contributed by atoms with Crippen molar-refractivity contribution in [2.75, 3.05) is 0 Å². The van der Waals surface area contributed by atoms with E-state index in [4.69, 9.17) is 19.7 Å². The van der Waals surface area contributed by atoms with Crippen LogP contribution in [0.15, 0.2) is 24.3 Å². The summed E-state index contributed by atoms with van der Waals surface area (Å²) in [5.41, 5.74) is 0.965. The van der Waals surface area contributed by atoms with Crippen molar-refractivity contribution < 1.29 is 44.6 Å². The van der Waals surface area contributed by atoms with Crippen molar-refractivity contribution in [1.82, 2.24) is 0 Å². The lowest BCUT2D eigenvalue weighted by molar-refractivity contribution is -0.271. The summed E-state index contributed by atoms with van der Waals surface area (Å²) in [5.74, 6) is -2.02. The number of aliphatic carboxylic acids is 2. The zero-order valence-electron chi connectivity index (χ0n) is 13.9. The molecular formula is C17H22O9. The molecule has 0 aliphatic carbocycles. The van der Waals surface area contributed by atoms with Crippen LogP contribution in [-0.4, -0.2) is 68.2 Å². The monoisotopic (exact) mass is 370 g/mol. The van der Waals surface area contributed by atoms with Crippen molar-refractivity contribution in [2.24, 2.45) is 0 Å². The zero-order valence-corrected chi connectivity index (χ0v) is 13.9. The van der Waals surface area contributed by atoms with Gasteiger partial charge in [-0.25, -0.2) is 4.79 Å². The van der Waals surface area contributed by atoms with Crippen molar-refractivity contribution in [3.8, 4) is 5.75 Å². The van der Waals surface area contributed by atoms with Gasteiger partial charge in [-0.1, -0.05) is 12.1 Å². The Hall–Kier alpha value is -2.20. The van der Waals surface area contributed by atoms with Crippen molar-refractivity contribution >= 4 is 11.9 Å². The maximum atomic E-state index is 11.1. The van der Waals surface area contributed by atoms with Gasteiger partial charge in [0.25, 0.3) is 0 Å². The zero-order chi connectivity index (χ0) is 19.3. The van der Waals surface area contributed by atoms with Crippen molar-refractivity contribution in [3.05, 3.63) is 29.8 Å². The summed E-state index contributed by atoms with van der Waals surface area (Å²) in [6.07, 6.45) is -6.15. The lowest BCUT2D eigenvalue weighted by Gasteiger charge is -2.38. The highest BCUT2D eigenvalue weighted by Gasteiger charge is 2.48. The molecule has 5 atom stereocenters. The lowest BCUT2D eigenvalue weighted by Crippen LogP contribution is -2.61. The number of aliphatic hydroxyl groups excluding tert-OH is 3. The Morgan fingerprint density at radius 1 is 0.962 bits per heavy atom. The van der Waals surface area contributed by atoms with Crippen LogP contribution in [0.5, 0.6) is 5.75 Å². The Balaban J connectivity index is 1.93. The predicted molar refractivity (Wildman–Crippen MR) is 86.6 cm³/mol. The van der Waals surface area contributed by atoms with Crippen LogP contribution in [0, 0.1) is 0 Å². The summed E-state index contributed by atoms with van der Waals surface area (Å²) in [6.45, 7) is 0. The molecule has 0 saturated carbocycles. The first-order valence-corrected chi connectivity index (χ1v) is 8.19. The van der Waals surface area contributed by atoms with Crippen molar-refractivity contribution in [2.45, 2.75) is 56.4 Å². The number of aryl methyl sites for hydroxylation is 1. The molecule has 0 radical (unpaired) electrons. The van der Waals surface area contributed by atoms with Crippen molar-refractivity contribution in [1.29, 1.82) is 0 Å². The van der Waals surface area contributed by atoms with Crippen LogP contribution in [0.3, 0.4) is 0 Å². The second-order valence-electron chi connectivity index (χ2n) is 6.10. The second-order valence-corrected chi connectivity index (χ2v) is 6.10. The molecule has 1 aliphatic rings. The molecule has 1 aromatic rings. The third kappa shape index (κ3) is 5.15. The largest absolute Gasteiger partial charge is 0.481 e. The van der Waals surface area contributed by atoms with Gasteiger partial charge >= 0.3 is 11.9 Å². The molecule has 144 valence electrons. The highest BCUT2D eigenvalue weighted by atomic mass is 16.7. The van der Waals surface area contributed by atoms with Gasteiger partial charge < -0.3 is 35.0 Å². The highest BCUT2D eigenvalue weighted by molar-refractivity contribution is 5.73. The van der Waals surface area contributed by atoms with Crippen LogP contribution in [-0.2, 0) is 20.7 Å². The number of carboxylic acids is 2. The first-order valence-electron chi connectivity index (χ1n) is 8.19. The number of carbonyl (C=O) groups is 2. The standard InChI is InChI=1S/C17H22O9/c18-11(19)4-2-1-3-9-5-7-10(8-6-9)25-17-14(22)12(20)13(21)15(26-17)16(23)24/h5-8,12-15,17,20-22H,1-4H2,(H,18,19)(H,23,24)/t12-,13-,14+,15-,17+/m0/s1. The average molecular weight is 370 g/mol. The molecule has 9 nitrogen and oxygen atoms in total. The summed E-state index contributed by atoms with van der Waals surface area (Å²) in [6, 6.07) is 6.70. The lowest BCUT2D eigenvalue weighted by atomic mass is 9.99. The van der Waals surface area contributed by atoms with Gasteiger partial charge in [-0.15, -0.1) is 0 Å². The number of unbranched alkanes of at least 4 members (excludes halogenated alkanes) is 1.